The van der Waals surface area contributed by atoms with E-state index in [-0.39, 0.29) is 11.8 Å². The highest BCUT2D eigenvalue weighted by Crippen LogP contribution is 1.95. The summed E-state index contributed by atoms with van der Waals surface area (Å²) in [6.45, 7) is 2.36. The number of hydrogen-bond donors (Lipinski definition) is 4. The Morgan fingerprint density at radius 1 is 0.765 bits per heavy atom. The minimum absolute atomic E-state index is 0.0202. The lowest BCUT2D eigenvalue weighted by Crippen LogP contribution is -2.27. The van der Waals surface area contributed by atoms with Crippen molar-refractivity contribution < 1.29 is 9.59 Å². The number of hydrogen-bond acceptors (Lipinski definition) is 4. The molecule has 0 aliphatic carbocycles. The van der Waals surface area contributed by atoms with E-state index in [9.17, 15) is 9.59 Å². The van der Waals surface area contributed by atoms with E-state index >= 15 is 0 Å². The van der Waals surface area contributed by atoms with Gasteiger partial charge in [-0.1, -0.05) is 0 Å². The van der Waals surface area contributed by atoms with Gasteiger partial charge in [0, 0.05) is 25.9 Å². The fraction of sp³-hybridized carbons (Fsp3) is 0.818. The third-order valence-electron chi connectivity index (χ3n) is 2.21. The molecule has 6 nitrogen and oxygen atoms in total. The Morgan fingerprint density at radius 2 is 1.18 bits per heavy atom. The summed E-state index contributed by atoms with van der Waals surface area (Å²) < 4.78 is 0. The van der Waals surface area contributed by atoms with E-state index in [4.69, 9.17) is 11.5 Å². The second kappa shape index (κ2) is 11.3. The highest BCUT2D eigenvalue weighted by molar-refractivity contribution is 5.78. The lowest BCUT2D eigenvalue weighted by Gasteiger charge is -2.05. The first-order valence-corrected chi connectivity index (χ1v) is 6.14. The van der Waals surface area contributed by atoms with E-state index in [1.165, 1.54) is 0 Å². The van der Waals surface area contributed by atoms with Crippen LogP contribution in [0, 0.1) is 0 Å². The van der Waals surface area contributed by atoms with Crippen LogP contribution in [0.1, 0.15) is 32.1 Å². The summed E-state index contributed by atoms with van der Waals surface area (Å²) in [7, 11) is 0. The fourth-order valence-electron chi connectivity index (χ4n) is 1.25. The predicted molar refractivity (Wildman–Crippen MR) is 67.2 cm³/mol. The van der Waals surface area contributed by atoms with Crippen LogP contribution in [-0.2, 0) is 9.59 Å². The van der Waals surface area contributed by atoms with Crippen LogP contribution in [0.5, 0.6) is 0 Å². The Hall–Kier alpha value is -1.14. The molecule has 0 aliphatic rings. The SMILES string of the molecule is [15NH2]CCCNC(=O)CCCC(=O)NCCC[15NH2]. The van der Waals surface area contributed by atoms with Crippen LogP contribution in [0.25, 0.3) is 0 Å². The van der Waals surface area contributed by atoms with Gasteiger partial charge >= 0.3 is 0 Å². The monoisotopic (exact) mass is 246 g/mol. The van der Waals surface area contributed by atoms with E-state index in [0.717, 1.165) is 12.8 Å². The standard InChI is InChI=1S/C11H24N4O2/c12-6-2-8-14-10(16)4-1-5-11(17)15-9-3-7-13/h1-9,12-13H2,(H,14,16)(H,15,17)/i12+1,13+1. The Morgan fingerprint density at radius 3 is 1.53 bits per heavy atom. The molecule has 0 aliphatic heterocycles. The van der Waals surface area contributed by atoms with Crippen molar-refractivity contribution in [1.82, 2.24) is 10.6 Å². The molecule has 0 atom stereocenters. The number of carbonyl (C=O) groups excluding carboxylic acids is 2. The largest absolute Gasteiger partial charge is 0.356 e. The normalized spacial score (nSPS) is 10.0. The molecule has 0 unspecified atom stereocenters. The van der Waals surface area contributed by atoms with Gasteiger partial charge in [0.2, 0.25) is 11.8 Å². The van der Waals surface area contributed by atoms with Crippen molar-refractivity contribution in [3.63, 3.8) is 0 Å². The van der Waals surface area contributed by atoms with Gasteiger partial charge < -0.3 is 22.1 Å². The van der Waals surface area contributed by atoms with Crippen LogP contribution in [0.15, 0.2) is 0 Å². The zero-order valence-corrected chi connectivity index (χ0v) is 10.3. The molecule has 0 aromatic heterocycles. The molecule has 0 aromatic carbocycles. The Bertz CT molecular complexity index is 200. The van der Waals surface area contributed by atoms with Crippen molar-refractivity contribution in [1.29, 1.82) is 0 Å². The van der Waals surface area contributed by atoms with E-state index in [1.807, 2.05) is 0 Å². The van der Waals surface area contributed by atoms with Gasteiger partial charge in [-0.15, -0.1) is 0 Å². The third kappa shape index (κ3) is 11.1. The van der Waals surface area contributed by atoms with Gasteiger partial charge in [-0.3, -0.25) is 9.59 Å². The zero-order valence-electron chi connectivity index (χ0n) is 10.3. The second-order valence-electron chi connectivity index (χ2n) is 3.84. The second-order valence-corrected chi connectivity index (χ2v) is 3.84. The van der Waals surface area contributed by atoms with E-state index in [0.29, 0.717) is 45.4 Å². The van der Waals surface area contributed by atoms with Crippen molar-refractivity contribution in [2.45, 2.75) is 32.1 Å². The van der Waals surface area contributed by atoms with Gasteiger partial charge in [0.05, 0.1) is 0 Å². The highest BCUT2D eigenvalue weighted by Gasteiger charge is 2.04. The van der Waals surface area contributed by atoms with Crippen LogP contribution in [-0.4, -0.2) is 38.0 Å². The molecule has 2 amide bonds. The lowest BCUT2D eigenvalue weighted by atomic mass is 10.2. The van der Waals surface area contributed by atoms with Crippen molar-refractivity contribution in [2.24, 2.45) is 11.5 Å². The van der Waals surface area contributed by atoms with Crippen LogP contribution < -0.4 is 22.1 Å². The number of rotatable bonds is 10. The topological polar surface area (TPSA) is 110 Å². The first-order valence-electron chi connectivity index (χ1n) is 6.14. The average Bonchev–Trinajstić information content (AvgIpc) is 2.30. The molecule has 6 N–H and O–H groups in total. The van der Waals surface area contributed by atoms with E-state index in [1.54, 1.807) is 0 Å². The van der Waals surface area contributed by atoms with Gasteiger partial charge in [-0.05, 0) is 32.4 Å². The van der Waals surface area contributed by atoms with Gasteiger partial charge in [0.1, 0.15) is 0 Å². The molecule has 0 saturated carbocycles. The molecule has 6 heteroatoms. The molecule has 0 rings (SSSR count). The lowest BCUT2D eigenvalue weighted by molar-refractivity contribution is -0.122. The van der Waals surface area contributed by atoms with Crippen LogP contribution in [0.2, 0.25) is 0 Å². The molecule has 0 radical (unpaired) electrons. The number of nitrogens with one attached hydrogen (secondary N) is 2. The summed E-state index contributed by atoms with van der Waals surface area (Å²) in [6, 6.07) is 0. The maximum Gasteiger partial charge on any atom is 0.220 e. The molecule has 0 aromatic rings. The quantitative estimate of drug-likeness (QED) is 0.295. The van der Waals surface area contributed by atoms with E-state index < -0.39 is 0 Å². The maximum absolute atomic E-state index is 11.3. The smallest absolute Gasteiger partial charge is 0.220 e. The van der Waals surface area contributed by atoms with Crippen molar-refractivity contribution >= 4 is 11.8 Å². The highest BCUT2D eigenvalue weighted by atomic mass is 16.2. The Balaban J connectivity index is 3.36. The summed E-state index contributed by atoms with van der Waals surface area (Å²) in [4.78, 5) is 22.5. The van der Waals surface area contributed by atoms with E-state index in [2.05, 4.69) is 10.6 Å². The summed E-state index contributed by atoms with van der Waals surface area (Å²) in [5.41, 5.74) is 10.6. The molecule has 0 spiro atoms. The summed E-state index contributed by atoms with van der Waals surface area (Å²) in [6.07, 6.45) is 2.91. The molecular formula is C11H24N4O2. The summed E-state index contributed by atoms with van der Waals surface area (Å²) >= 11 is 0. The molecule has 0 bridgehead atoms. The third-order valence-corrected chi connectivity index (χ3v) is 2.21. The molecular weight excluding hydrogens is 222 g/mol. The van der Waals surface area contributed by atoms with Gasteiger partial charge in [0.15, 0.2) is 0 Å². The molecule has 0 saturated heterocycles. The van der Waals surface area contributed by atoms with Crippen molar-refractivity contribution in [3.8, 4) is 0 Å². The van der Waals surface area contributed by atoms with Gasteiger partial charge in [-0.25, -0.2) is 0 Å². The number of carbonyl (C=O) groups is 2. The molecule has 100 valence electrons. The number of amides is 2. The molecule has 0 fully saturated rings. The minimum atomic E-state index is -0.0202. The van der Waals surface area contributed by atoms with Gasteiger partial charge in [-0.2, -0.15) is 0 Å². The zero-order chi connectivity index (χ0) is 12.9. The average molecular weight is 246 g/mol. The van der Waals surface area contributed by atoms with Crippen molar-refractivity contribution in [3.05, 3.63) is 0 Å². The van der Waals surface area contributed by atoms with Gasteiger partial charge in [0.25, 0.3) is 0 Å². The summed E-state index contributed by atoms with van der Waals surface area (Å²) in [5.74, 6) is -0.0404. The molecule has 17 heavy (non-hydrogen) atoms. The Kier molecular flexibility index (Phi) is 10.6. The maximum atomic E-state index is 11.3. The summed E-state index contributed by atoms with van der Waals surface area (Å²) in [5, 5.41) is 5.48. The molecule has 0 heterocycles. The predicted octanol–water partition coefficient (Wildman–Crippen LogP) is -0.913. The first kappa shape index (κ1) is 15.9. The van der Waals surface area contributed by atoms with Crippen LogP contribution in [0.3, 0.4) is 0 Å². The van der Waals surface area contributed by atoms with Crippen LogP contribution >= 0.6 is 0 Å². The minimum Gasteiger partial charge on any atom is -0.356 e. The van der Waals surface area contributed by atoms with Crippen molar-refractivity contribution in [2.75, 3.05) is 26.2 Å². The Labute approximate surface area is 102 Å². The number of nitrogens with two attached hydrogens (primary N) is 2. The fourth-order valence-corrected chi connectivity index (χ4v) is 1.25. The first-order chi connectivity index (χ1) is 8.20. The van der Waals surface area contributed by atoms with Crippen LogP contribution in [0.4, 0.5) is 0 Å².